The van der Waals surface area contributed by atoms with Crippen LogP contribution in [-0.2, 0) is 0 Å². The van der Waals surface area contributed by atoms with Gasteiger partial charge in [0.05, 0.1) is 12.8 Å². The van der Waals surface area contributed by atoms with Gasteiger partial charge in [-0.1, -0.05) is 18.7 Å². The molecule has 0 aromatic carbocycles. The maximum Gasteiger partial charge on any atom is 0.190 e. The number of halogens is 1. The number of nitrogens with zero attached hydrogens (tertiary/aromatic N) is 2. The van der Waals surface area contributed by atoms with Crippen molar-refractivity contribution in [1.82, 2.24) is 9.97 Å². The Morgan fingerprint density at radius 3 is 3.00 bits per heavy atom. The molecule has 4 nitrogen and oxygen atoms in total. The van der Waals surface area contributed by atoms with Crippen LogP contribution < -0.4 is 5.73 Å². The van der Waals surface area contributed by atoms with Crippen molar-refractivity contribution in [1.29, 1.82) is 0 Å². The number of anilines is 1. The molecule has 0 bridgehead atoms. The van der Waals surface area contributed by atoms with E-state index in [4.69, 9.17) is 10.8 Å². The van der Waals surface area contributed by atoms with Gasteiger partial charge in [-0.2, -0.15) is 0 Å². The van der Waals surface area contributed by atoms with Gasteiger partial charge in [0, 0.05) is 5.25 Å². The first-order chi connectivity index (χ1) is 6.13. The molecule has 1 atom stereocenters. The van der Waals surface area contributed by atoms with Crippen molar-refractivity contribution in [3.05, 3.63) is 12.0 Å². The molecule has 0 aliphatic heterocycles. The van der Waals surface area contributed by atoms with Gasteiger partial charge >= 0.3 is 0 Å². The standard InChI is InChI=1S/C7H10FN3OS/c1-4(3-12)13-7-10-2-5(8)6(9)11-7/h2,4,12H,3H2,1H3,(H2,9,10,11). The van der Waals surface area contributed by atoms with Crippen LogP contribution >= 0.6 is 11.8 Å². The third-order valence-electron chi connectivity index (χ3n) is 1.31. The van der Waals surface area contributed by atoms with Crippen molar-refractivity contribution in [3.63, 3.8) is 0 Å². The number of aliphatic hydroxyl groups excluding tert-OH is 1. The minimum atomic E-state index is -0.624. The summed E-state index contributed by atoms with van der Waals surface area (Å²) in [5.74, 6) is -0.788. The maximum atomic E-state index is 12.6. The highest BCUT2D eigenvalue weighted by Gasteiger charge is 2.07. The molecule has 0 fully saturated rings. The van der Waals surface area contributed by atoms with Crippen molar-refractivity contribution >= 4 is 17.6 Å². The third-order valence-corrected chi connectivity index (χ3v) is 2.27. The van der Waals surface area contributed by atoms with Crippen LogP contribution in [0.4, 0.5) is 10.2 Å². The smallest absolute Gasteiger partial charge is 0.190 e. The quantitative estimate of drug-likeness (QED) is 0.558. The summed E-state index contributed by atoms with van der Waals surface area (Å²) in [5.41, 5.74) is 5.24. The molecule has 6 heteroatoms. The largest absolute Gasteiger partial charge is 0.395 e. The summed E-state index contributed by atoms with van der Waals surface area (Å²) >= 11 is 1.25. The van der Waals surface area contributed by atoms with E-state index in [1.807, 2.05) is 6.92 Å². The lowest BCUT2D eigenvalue weighted by Crippen LogP contribution is -2.05. The first-order valence-corrected chi connectivity index (χ1v) is 4.57. The van der Waals surface area contributed by atoms with Crippen molar-refractivity contribution in [2.24, 2.45) is 0 Å². The van der Waals surface area contributed by atoms with E-state index in [1.54, 1.807) is 0 Å². The van der Waals surface area contributed by atoms with Gasteiger partial charge < -0.3 is 10.8 Å². The monoisotopic (exact) mass is 203 g/mol. The maximum absolute atomic E-state index is 12.6. The van der Waals surface area contributed by atoms with Gasteiger partial charge in [0.15, 0.2) is 16.8 Å². The van der Waals surface area contributed by atoms with Crippen LogP contribution in [-0.4, -0.2) is 26.9 Å². The van der Waals surface area contributed by atoms with E-state index in [0.717, 1.165) is 6.20 Å². The predicted molar refractivity (Wildman–Crippen MR) is 48.8 cm³/mol. The number of nitrogens with two attached hydrogens (primary N) is 1. The Kier molecular flexibility index (Phi) is 3.44. The minimum Gasteiger partial charge on any atom is -0.395 e. The number of aliphatic hydroxyl groups is 1. The van der Waals surface area contributed by atoms with Crippen LogP contribution in [0.2, 0.25) is 0 Å². The Labute approximate surface area is 79.4 Å². The Bertz CT molecular complexity index is 297. The average molecular weight is 203 g/mol. The lowest BCUT2D eigenvalue weighted by Gasteiger charge is -2.05. The van der Waals surface area contributed by atoms with Gasteiger partial charge in [-0.3, -0.25) is 0 Å². The molecular formula is C7H10FN3OS. The highest BCUT2D eigenvalue weighted by Crippen LogP contribution is 2.19. The van der Waals surface area contributed by atoms with Crippen LogP contribution in [0.15, 0.2) is 11.4 Å². The zero-order valence-electron chi connectivity index (χ0n) is 7.07. The molecule has 0 radical (unpaired) electrons. The number of aromatic nitrogens is 2. The lowest BCUT2D eigenvalue weighted by molar-refractivity contribution is 0.300. The van der Waals surface area contributed by atoms with Crippen LogP contribution in [0, 0.1) is 5.82 Å². The lowest BCUT2D eigenvalue weighted by atomic mass is 10.5. The Hall–Kier alpha value is -0.880. The summed E-state index contributed by atoms with van der Waals surface area (Å²) in [7, 11) is 0. The fourth-order valence-electron chi connectivity index (χ4n) is 0.637. The molecule has 0 aliphatic carbocycles. The summed E-state index contributed by atoms with van der Waals surface area (Å²) in [4.78, 5) is 7.42. The molecular weight excluding hydrogens is 193 g/mol. The molecule has 0 aliphatic rings. The van der Waals surface area contributed by atoms with E-state index in [-0.39, 0.29) is 17.7 Å². The number of hydrogen-bond donors (Lipinski definition) is 2. The van der Waals surface area contributed by atoms with Crippen molar-refractivity contribution in [2.45, 2.75) is 17.3 Å². The van der Waals surface area contributed by atoms with Crippen LogP contribution in [0.1, 0.15) is 6.92 Å². The normalized spacial score (nSPS) is 12.8. The molecule has 1 heterocycles. The molecule has 13 heavy (non-hydrogen) atoms. The molecule has 1 rings (SSSR count). The van der Waals surface area contributed by atoms with Gasteiger partial charge in [0.2, 0.25) is 0 Å². The molecule has 0 amide bonds. The molecule has 1 aromatic heterocycles. The molecule has 0 saturated carbocycles. The minimum absolute atomic E-state index is 0.0192. The predicted octanol–water partition coefficient (Wildman–Crippen LogP) is 0.671. The first-order valence-electron chi connectivity index (χ1n) is 3.69. The number of nitrogen functional groups attached to an aromatic ring is 1. The fraction of sp³-hybridized carbons (Fsp3) is 0.429. The SMILES string of the molecule is CC(CO)Sc1ncc(F)c(N)n1. The van der Waals surface area contributed by atoms with E-state index in [1.165, 1.54) is 11.8 Å². The van der Waals surface area contributed by atoms with Gasteiger partial charge in [-0.15, -0.1) is 0 Å². The second kappa shape index (κ2) is 4.38. The summed E-state index contributed by atoms with van der Waals surface area (Å²) in [5, 5.41) is 9.09. The summed E-state index contributed by atoms with van der Waals surface area (Å²) in [6.07, 6.45) is 1.02. The number of thioether (sulfide) groups is 1. The van der Waals surface area contributed by atoms with Gasteiger partial charge in [-0.05, 0) is 0 Å². The van der Waals surface area contributed by atoms with E-state index in [2.05, 4.69) is 9.97 Å². The van der Waals surface area contributed by atoms with E-state index >= 15 is 0 Å². The topological polar surface area (TPSA) is 72.0 Å². The summed E-state index contributed by atoms with van der Waals surface area (Å²) < 4.78 is 12.6. The Balaban J connectivity index is 2.73. The second-order valence-corrected chi connectivity index (χ2v) is 3.90. The van der Waals surface area contributed by atoms with Crippen molar-refractivity contribution < 1.29 is 9.50 Å². The third kappa shape index (κ3) is 2.82. The number of hydrogen-bond acceptors (Lipinski definition) is 5. The van der Waals surface area contributed by atoms with Gasteiger partial charge in [-0.25, -0.2) is 14.4 Å². The first kappa shape index (κ1) is 10.2. The van der Waals surface area contributed by atoms with E-state index in [9.17, 15) is 4.39 Å². The number of rotatable bonds is 3. The van der Waals surface area contributed by atoms with Gasteiger partial charge in [0.1, 0.15) is 0 Å². The molecule has 0 spiro atoms. The molecule has 1 aromatic rings. The second-order valence-electron chi connectivity index (χ2n) is 2.50. The van der Waals surface area contributed by atoms with Crippen LogP contribution in [0.25, 0.3) is 0 Å². The van der Waals surface area contributed by atoms with Crippen LogP contribution in [0.5, 0.6) is 0 Å². The van der Waals surface area contributed by atoms with E-state index < -0.39 is 5.82 Å². The van der Waals surface area contributed by atoms with Crippen LogP contribution in [0.3, 0.4) is 0 Å². The van der Waals surface area contributed by atoms with Crippen molar-refractivity contribution in [2.75, 3.05) is 12.3 Å². The average Bonchev–Trinajstić information content (AvgIpc) is 2.11. The van der Waals surface area contributed by atoms with Gasteiger partial charge in [0.25, 0.3) is 0 Å². The fourth-order valence-corrected chi connectivity index (χ4v) is 1.34. The highest BCUT2D eigenvalue weighted by molar-refractivity contribution is 7.99. The molecule has 72 valence electrons. The molecule has 0 saturated heterocycles. The summed E-state index contributed by atoms with van der Waals surface area (Å²) in [6, 6.07) is 0. The Morgan fingerprint density at radius 2 is 2.46 bits per heavy atom. The Morgan fingerprint density at radius 1 is 1.77 bits per heavy atom. The zero-order chi connectivity index (χ0) is 9.84. The highest BCUT2D eigenvalue weighted by atomic mass is 32.2. The zero-order valence-corrected chi connectivity index (χ0v) is 7.88. The summed E-state index contributed by atoms with van der Waals surface area (Å²) in [6.45, 7) is 1.83. The van der Waals surface area contributed by atoms with E-state index in [0.29, 0.717) is 5.16 Å². The van der Waals surface area contributed by atoms with Crippen molar-refractivity contribution in [3.8, 4) is 0 Å². The molecule has 1 unspecified atom stereocenters. The molecule has 3 N–H and O–H groups in total.